The van der Waals surface area contributed by atoms with Crippen molar-refractivity contribution in [3.8, 4) is 0 Å². The molecule has 0 aromatic heterocycles. The lowest BCUT2D eigenvalue weighted by Gasteiger charge is -2.18. The van der Waals surface area contributed by atoms with Crippen LogP contribution in [-0.4, -0.2) is 37.2 Å². The van der Waals surface area contributed by atoms with Crippen molar-refractivity contribution in [1.29, 1.82) is 0 Å². The van der Waals surface area contributed by atoms with E-state index < -0.39 is 6.10 Å². The molecule has 0 bridgehead atoms. The minimum atomic E-state index is -0.823. The van der Waals surface area contributed by atoms with Gasteiger partial charge < -0.3 is 14.2 Å². The zero-order valence-corrected chi connectivity index (χ0v) is 38.2. The molecule has 60 heavy (non-hydrogen) atoms. The maximum atomic E-state index is 12.7. The van der Waals surface area contributed by atoms with Gasteiger partial charge in [0.1, 0.15) is 13.2 Å². The molecule has 0 aliphatic heterocycles. The maximum absolute atomic E-state index is 12.7. The van der Waals surface area contributed by atoms with Gasteiger partial charge in [0.2, 0.25) is 0 Å². The molecule has 0 aromatic carbocycles. The van der Waals surface area contributed by atoms with Crippen LogP contribution in [0.4, 0.5) is 0 Å². The van der Waals surface area contributed by atoms with Crippen molar-refractivity contribution in [2.45, 2.75) is 187 Å². The maximum Gasteiger partial charge on any atom is 0.306 e. The van der Waals surface area contributed by atoms with Crippen LogP contribution in [-0.2, 0) is 28.6 Å². The minimum absolute atomic E-state index is 0.116. The molecule has 6 nitrogen and oxygen atoms in total. The van der Waals surface area contributed by atoms with Gasteiger partial charge in [0.25, 0.3) is 0 Å². The molecule has 6 heteroatoms. The number of hydrogen-bond donors (Lipinski definition) is 0. The smallest absolute Gasteiger partial charge is 0.306 e. The Kier molecular flexibility index (Phi) is 44.2. The van der Waals surface area contributed by atoms with Crippen LogP contribution in [0.1, 0.15) is 181 Å². The van der Waals surface area contributed by atoms with Crippen LogP contribution in [0.3, 0.4) is 0 Å². The molecule has 0 saturated heterocycles. The third kappa shape index (κ3) is 44.9. The summed E-state index contributed by atoms with van der Waals surface area (Å²) in [7, 11) is 0. The number of ether oxygens (including phenoxy) is 3. The van der Waals surface area contributed by atoms with Gasteiger partial charge in [0, 0.05) is 19.3 Å². The lowest BCUT2D eigenvalue weighted by molar-refractivity contribution is -0.167. The van der Waals surface area contributed by atoms with Gasteiger partial charge in [-0.25, -0.2) is 0 Å². The second-order valence-corrected chi connectivity index (χ2v) is 15.0. The first-order valence-corrected chi connectivity index (χ1v) is 23.6. The van der Waals surface area contributed by atoms with E-state index in [1.54, 1.807) is 0 Å². The summed E-state index contributed by atoms with van der Waals surface area (Å²) < 4.78 is 16.6. The van der Waals surface area contributed by atoms with Crippen molar-refractivity contribution in [3.63, 3.8) is 0 Å². The highest BCUT2D eigenvalue weighted by molar-refractivity contribution is 5.71. The highest BCUT2D eigenvalue weighted by atomic mass is 16.6. The Morgan fingerprint density at radius 1 is 0.367 bits per heavy atom. The van der Waals surface area contributed by atoms with Crippen LogP contribution in [0.2, 0.25) is 0 Å². The molecule has 0 N–H and O–H groups in total. The topological polar surface area (TPSA) is 78.9 Å². The lowest BCUT2D eigenvalue weighted by atomic mass is 10.1. The van der Waals surface area contributed by atoms with Crippen LogP contribution in [0, 0.1) is 0 Å². The SMILES string of the molecule is CC\C=C/C=C\C=C/C=C\C=C/CCCCCC(=O)OC(COC(=O)CCC/C=C\C/C=C\C/C=C\C/C=C\C/C=C\CC)COC(=O)CCCCCCCCCCCC. The second-order valence-electron chi connectivity index (χ2n) is 15.0. The zero-order valence-electron chi connectivity index (χ0n) is 38.2. The molecule has 0 radical (unpaired) electrons. The number of hydrogen-bond acceptors (Lipinski definition) is 6. The molecule has 0 fully saturated rings. The van der Waals surface area contributed by atoms with E-state index in [1.807, 2.05) is 48.6 Å². The summed E-state index contributed by atoms with van der Waals surface area (Å²) in [6.07, 6.45) is 64.7. The summed E-state index contributed by atoms with van der Waals surface area (Å²) >= 11 is 0. The average molecular weight is 829 g/mol. The molecular formula is C54H84O6. The molecule has 1 unspecified atom stereocenters. The second kappa shape index (κ2) is 47.5. The Morgan fingerprint density at radius 2 is 0.750 bits per heavy atom. The highest BCUT2D eigenvalue weighted by Gasteiger charge is 2.19. The van der Waals surface area contributed by atoms with Gasteiger partial charge in [-0.1, -0.05) is 206 Å². The predicted octanol–water partition coefficient (Wildman–Crippen LogP) is 15.4. The molecule has 0 rings (SSSR count). The molecule has 1 atom stereocenters. The van der Waals surface area contributed by atoms with Crippen molar-refractivity contribution in [1.82, 2.24) is 0 Å². The summed E-state index contributed by atoms with van der Waals surface area (Å²) in [6.45, 7) is 6.25. The molecule has 0 aliphatic rings. The molecule has 0 spiro atoms. The van der Waals surface area contributed by atoms with E-state index in [2.05, 4.69) is 93.7 Å². The zero-order chi connectivity index (χ0) is 43.7. The van der Waals surface area contributed by atoms with E-state index in [4.69, 9.17) is 14.2 Å². The summed E-state index contributed by atoms with van der Waals surface area (Å²) in [5.74, 6) is -1.03. The fourth-order valence-corrected chi connectivity index (χ4v) is 5.85. The Balaban J connectivity index is 4.57. The van der Waals surface area contributed by atoms with Crippen molar-refractivity contribution in [3.05, 3.63) is 122 Å². The normalized spacial score (nSPS) is 13.2. The van der Waals surface area contributed by atoms with Crippen molar-refractivity contribution >= 4 is 17.9 Å². The van der Waals surface area contributed by atoms with E-state index >= 15 is 0 Å². The molecule has 0 heterocycles. The monoisotopic (exact) mass is 829 g/mol. The Hall–Kier alpha value is -4.19. The number of esters is 3. The number of rotatable bonds is 40. The summed E-state index contributed by atoms with van der Waals surface area (Å²) in [5.41, 5.74) is 0. The first kappa shape index (κ1) is 55.8. The Bertz CT molecular complexity index is 1320. The average Bonchev–Trinajstić information content (AvgIpc) is 3.24. The Morgan fingerprint density at radius 3 is 1.27 bits per heavy atom. The molecule has 0 amide bonds. The van der Waals surface area contributed by atoms with Crippen LogP contribution < -0.4 is 0 Å². The molecule has 336 valence electrons. The largest absolute Gasteiger partial charge is 0.462 e. The minimum Gasteiger partial charge on any atom is -0.462 e. The van der Waals surface area contributed by atoms with Gasteiger partial charge in [0.05, 0.1) is 0 Å². The van der Waals surface area contributed by atoms with Crippen molar-refractivity contribution < 1.29 is 28.6 Å². The van der Waals surface area contributed by atoms with Crippen molar-refractivity contribution in [2.75, 3.05) is 13.2 Å². The number of carbonyl (C=O) groups excluding carboxylic acids is 3. The van der Waals surface area contributed by atoms with Crippen LogP contribution in [0.5, 0.6) is 0 Å². The summed E-state index contributed by atoms with van der Waals surface area (Å²) in [6, 6.07) is 0. The van der Waals surface area contributed by atoms with Crippen molar-refractivity contribution in [2.24, 2.45) is 0 Å². The lowest BCUT2D eigenvalue weighted by Crippen LogP contribution is -2.30. The molecule has 0 aromatic rings. The fourth-order valence-electron chi connectivity index (χ4n) is 5.85. The third-order valence-electron chi connectivity index (χ3n) is 9.34. The fraction of sp³-hybridized carbons (Fsp3) is 0.574. The number of carbonyl (C=O) groups is 3. The van der Waals surface area contributed by atoms with Gasteiger partial charge in [-0.15, -0.1) is 0 Å². The van der Waals surface area contributed by atoms with Crippen LogP contribution in [0.15, 0.2) is 122 Å². The van der Waals surface area contributed by atoms with Gasteiger partial charge in [-0.2, -0.15) is 0 Å². The van der Waals surface area contributed by atoms with Gasteiger partial charge in [-0.3, -0.25) is 14.4 Å². The summed E-state index contributed by atoms with van der Waals surface area (Å²) in [4.78, 5) is 37.8. The van der Waals surface area contributed by atoms with Gasteiger partial charge >= 0.3 is 17.9 Å². The quantitative estimate of drug-likeness (QED) is 0.0201. The van der Waals surface area contributed by atoms with E-state index in [-0.39, 0.29) is 44.0 Å². The number of allylic oxidation sites excluding steroid dienone is 20. The number of unbranched alkanes of at least 4 members (excludes halogenated alkanes) is 13. The first-order chi connectivity index (χ1) is 29.5. The van der Waals surface area contributed by atoms with E-state index in [1.165, 1.54) is 44.9 Å². The van der Waals surface area contributed by atoms with E-state index in [0.29, 0.717) is 19.3 Å². The molecule has 0 aliphatic carbocycles. The van der Waals surface area contributed by atoms with Crippen LogP contribution >= 0.6 is 0 Å². The van der Waals surface area contributed by atoms with E-state index in [0.717, 1.165) is 83.5 Å². The summed E-state index contributed by atoms with van der Waals surface area (Å²) in [5, 5.41) is 0. The molecular weight excluding hydrogens is 745 g/mol. The van der Waals surface area contributed by atoms with E-state index in [9.17, 15) is 14.4 Å². The van der Waals surface area contributed by atoms with Gasteiger partial charge in [0.15, 0.2) is 6.10 Å². The highest BCUT2D eigenvalue weighted by Crippen LogP contribution is 2.13. The Labute approximate surface area is 367 Å². The van der Waals surface area contributed by atoms with Gasteiger partial charge in [-0.05, 0) is 77.0 Å². The first-order valence-electron chi connectivity index (χ1n) is 23.6. The predicted molar refractivity (Wildman–Crippen MR) is 256 cm³/mol. The third-order valence-corrected chi connectivity index (χ3v) is 9.34. The molecule has 0 saturated carbocycles. The van der Waals surface area contributed by atoms with Crippen LogP contribution in [0.25, 0.3) is 0 Å². The standard InChI is InChI=1S/C54H84O6/c1-4-7-10-13-16-19-22-24-26-27-29-30-32-35-38-41-44-47-53(56)59-50-51(49-58-52(55)46-43-40-37-34-21-18-15-12-9-6-3)60-54(57)48-45-42-39-36-33-31-28-25-23-20-17-14-11-8-5-2/h7-8,10-11,14,16-17,19-20,23-26,28-31,33,35,38,51H,4-6,9,12-13,15,18,21-22,27,32,34,36-37,39-50H2,1-3H3/b10-7-,11-8-,17-14-,19-16-,23-20-,26-24-,28-25-,30-29-,33-31-,38-35-.